The fourth-order valence-electron chi connectivity index (χ4n) is 4.56. The molecule has 0 bridgehead atoms. The van der Waals surface area contributed by atoms with Crippen molar-refractivity contribution in [1.82, 2.24) is 25.1 Å². The van der Waals surface area contributed by atoms with E-state index in [9.17, 15) is 10.1 Å². The molecule has 164 valence electrons. The van der Waals surface area contributed by atoms with Crippen LogP contribution >= 0.6 is 0 Å². The Bertz CT molecular complexity index is 1180. The van der Waals surface area contributed by atoms with Gasteiger partial charge in [0.25, 0.3) is 0 Å². The minimum Gasteiger partial charge on any atom is -0.353 e. The highest BCUT2D eigenvalue weighted by Crippen LogP contribution is 2.36. The molecule has 5 rings (SSSR count). The maximum Gasteiger partial charge on any atom is 0.180 e. The van der Waals surface area contributed by atoms with Crippen molar-refractivity contribution in [1.29, 1.82) is 5.26 Å². The van der Waals surface area contributed by atoms with E-state index in [1.54, 1.807) is 6.07 Å². The molecule has 9 heteroatoms. The Kier molecular flexibility index (Phi) is 5.23. The van der Waals surface area contributed by atoms with Crippen molar-refractivity contribution in [3.8, 4) is 6.07 Å². The van der Waals surface area contributed by atoms with Crippen molar-refractivity contribution in [3.05, 3.63) is 41.7 Å². The smallest absolute Gasteiger partial charge is 0.180 e. The molecule has 1 saturated heterocycles. The molecule has 0 spiro atoms. The Morgan fingerprint density at radius 1 is 1.06 bits per heavy atom. The largest absolute Gasteiger partial charge is 0.353 e. The fourth-order valence-corrected chi connectivity index (χ4v) is 4.56. The van der Waals surface area contributed by atoms with E-state index in [4.69, 9.17) is 4.98 Å². The predicted octanol–water partition coefficient (Wildman–Crippen LogP) is 2.15. The zero-order chi connectivity index (χ0) is 22.2. The maximum absolute atomic E-state index is 11.4. The second-order valence-electron chi connectivity index (χ2n) is 8.52. The summed E-state index contributed by atoms with van der Waals surface area (Å²) in [7, 11) is 1.99. The first-order valence-corrected chi connectivity index (χ1v) is 11.0. The highest BCUT2D eigenvalue weighted by molar-refractivity contribution is 5.92. The standard InChI is InChI=1S/C23H26N8O/c1-15(32)20-4-6-22(28-27-20)30-9-7-29(8-10-30)21-5-3-19-16(13-24)14-31(23(19)26-21)18-11-17(12-18)25-2/h3-6,14,17-18,25H,7-12H2,1-2H3/t17-,18-. The summed E-state index contributed by atoms with van der Waals surface area (Å²) < 4.78 is 2.19. The highest BCUT2D eigenvalue weighted by atomic mass is 16.1. The van der Waals surface area contributed by atoms with Gasteiger partial charge < -0.3 is 19.7 Å². The van der Waals surface area contributed by atoms with Crippen molar-refractivity contribution in [2.24, 2.45) is 0 Å². The molecule has 3 aromatic heterocycles. The molecule has 3 aromatic rings. The predicted molar refractivity (Wildman–Crippen MR) is 122 cm³/mol. The van der Waals surface area contributed by atoms with Gasteiger partial charge in [0.15, 0.2) is 11.6 Å². The minimum atomic E-state index is -0.0805. The van der Waals surface area contributed by atoms with Crippen LogP contribution in [0.4, 0.5) is 11.6 Å². The van der Waals surface area contributed by atoms with E-state index < -0.39 is 0 Å². The SMILES string of the molecule is CN[C@H]1C[C@H](n2cc(C#N)c3ccc(N4CCN(c5ccc(C(C)=O)nn5)CC4)nc32)C1. The van der Waals surface area contributed by atoms with Crippen LogP contribution < -0.4 is 15.1 Å². The van der Waals surface area contributed by atoms with E-state index in [-0.39, 0.29) is 5.78 Å². The number of anilines is 2. The number of ketones is 1. The van der Waals surface area contributed by atoms with Crippen molar-refractivity contribution in [3.63, 3.8) is 0 Å². The third-order valence-corrected chi connectivity index (χ3v) is 6.64. The Labute approximate surface area is 186 Å². The van der Waals surface area contributed by atoms with E-state index in [0.29, 0.717) is 23.3 Å². The molecule has 2 aliphatic rings. The molecule has 1 aliphatic heterocycles. The molecule has 2 fully saturated rings. The number of fused-ring (bicyclic) bond motifs is 1. The van der Waals surface area contributed by atoms with Crippen LogP contribution in [0.1, 0.15) is 41.9 Å². The fraction of sp³-hybridized carbons (Fsp3) is 0.435. The van der Waals surface area contributed by atoms with Crippen LogP contribution in [-0.2, 0) is 0 Å². The van der Waals surface area contributed by atoms with Crippen LogP contribution in [0.2, 0.25) is 0 Å². The number of rotatable bonds is 5. The third-order valence-electron chi connectivity index (χ3n) is 6.64. The molecule has 0 amide bonds. The van der Waals surface area contributed by atoms with Gasteiger partial charge in [0.05, 0.1) is 5.56 Å². The first-order valence-electron chi connectivity index (χ1n) is 11.0. The topological polar surface area (TPSA) is 103 Å². The number of piperazine rings is 1. The van der Waals surface area contributed by atoms with Gasteiger partial charge >= 0.3 is 0 Å². The molecule has 1 aliphatic carbocycles. The summed E-state index contributed by atoms with van der Waals surface area (Å²) >= 11 is 0. The lowest BCUT2D eigenvalue weighted by atomic mass is 9.87. The summed E-state index contributed by atoms with van der Waals surface area (Å²) in [6.07, 6.45) is 4.07. The maximum atomic E-state index is 11.4. The summed E-state index contributed by atoms with van der Waals surface area (Å²) in [5.74, 6) is 1.64. The van der Waals surface area contributed by atoms with Gasteiger partial charge in [0, 0.05) is 56.8 Å². The molecule has 1 N–H and O–H groups in total. The monoisotopic (exact) mass is 430 g/mol. The van der Waals surface area contributed by atoms with Gasteiger partial charge in [-0.3, -0.25) is 4.79 Å². The van der Waals surface area contributed by atoms with Gasteiger partial charge in [0.1, 0.15) is 23.2 Å². The Morgan fingerprint density at radius 3 is 2.34 bits per heavy atom. The van der Waals surface area contributed by atoms with E-state index in [0.717, 1.165) is 61.7 Å². The lowest BCUT2D eigenvalue weighted by Gasteiger charge is -2.37. The molecule has 1 saturated carbocycles. The number of carbonyl (C=O) groups is 1. The van der Waals surface area contributed by atoms with Crippen molar-refractivity contribution in [2.45, 2.75) is 31.8 Å². The molecule has 0 unspecified atom stereocenters. The lowest BCUT2D eigenvalue weighted by molar-refractivity contribution is 0.101. The number of Topliss-reactive ketones (excluding diaryl/α,β-unsaturated/α-hetero) is 1. The molecule has 0 radical (unpaired) electrons. The molecular formula is C23H26N8O. The van der Waals surface area contributed by atoms with Gasteiger partial charge in [-0.15, -0.1) is 10.2 Å². The zero-order valence-corrected chi connectivity index (χ0v) is 18.3. The van der Waals surface area contributed by atoms with Crippen LogP contribution in [-0.4, -0.2) is 64.8 Å². The van der Waals surface area contributed by atoms with Crippen LogP contribution in [0.5, 0.6) is 0 Å². The summed E-state index contributed by atoms with van der Waals surface area (Å²) in [5.41, 5.74) is 1.97. The average Bonchev–Trinajstić information content (AvgIpc) is 3.16. The van der Waals surface area contributed by atoms with E-state index in [1.165, 1.54) is 6.92 Å². The molecule has 4 heterocycles. The van der Waals surface area contributed by atoms with Crippen molar-refractivity contribution >= 4 is 28.5 Å². The van der Waals surface area contributed by atoms with Gasteiger partial charge in [-0.2, -0.15) is 5.26 Å². The number of pyridine rings is 1. The number of nitriles is 1. The third kappa shape index (κ3) is 3.56. The Morgan fingerprint density at radius 2 is 1.75 bits per heavy atom. The van der Waals surface area contributed by atoms with E-state index in [2.05, 4.69) is 36.0 Å². The number of nitrogens with one attached hydrogen (secondary N) is 1. The Balaban J connectivity index is 1.33. The Hall–Kier alpha value is -3.51. The summed E-state index contributed by atoms with van der Waals surface area (Å²) in [6, 6.07) is 10.9. The second-order valence-corrected chi connectivity index (χ2v) is 8.52. The molecular weight excluding hydrogens is 404 g/mol. The number of carbonyl (C=O) groups excluding carboxylic acids is 1. The van der Waals surface area contributed by atoms with E-state index >= 15 is 0 Å². The van der Waals surface area contributed by atoms with Gasteiger partial charge in [-0.1, -0.05) is 0 Å². The molecule has 32 heavy (non-hydrogen) atoms. The first-order chi connectivity index (χ1) is 15.6. The van der Waals surface area contributed by atoms with Crippen LogP contribution in [0.15, 0.2) is 30.5 Å². The van der Waals surface area contributed by atoms with Crippen LogP contribution in [0.25, 0.3) is 11.0 Å². The van der Waals surface area contributed by atoms with Crippen LogP contribution in [0.3, 0.4) is 0 Å². The van der Waals surface area contributed by atoms with E-state index in [1.807, 2.05) is 31.4 Å². The summed E-state index contributed by atoms with van der Waals surface area (Å²) in [6.45, 7) is 4.71. The molecule has 0 aromatic carbocycles. The van der Waals surface area contributed by atoms with Gasteiger partial charge in [-0.05, 0) is 44.2 Å². The molecule has 0 atom stereocenters. The van der Waals surface area contributed by atoms with Crippen LogP contribution in [0, 0.1) is 11.3 Å². The zero-order valence-electron chi connectivity index (χ0n) is 18.3. The number of aromatic nitrogens is 4. The van der Waals surface area contributed by atoms with Gasteiger partial charge in [0.2, 0.25) is 0 Å². The normalized spacial score (nSPS) is 20.8. The average molecular weight is 431 g/mol. The number of hydrogen-bond acceptors (Lipinski definition) is 8. The molecule has 9 nitrogen and oxygen atoms in total. The van der Waals surface area contributed by atoms with Crippen molar-refractivity contribution < 1.29 is 4.79 Å². The minimum absolute atomic E-state index is 0.0805. The lowest BCUT2D eigenvalue weighted by Crippen LogP contribution is -2.47. The summed E-state index contributed by atoms with van der Waals surface area (Å²) in [5, 5.41) is 22.1. The van der Waals surface area contributed by atoms with Gasteiger partial charge in [-0.25, -0.2) is 4.98 Å². The summed E-state index contributed by atoms with van der Waals surface area (Å²) in [4.78, 5) is 20.8. The number of hydrogen-bond donors (Lipinski definition) is 1. The quantitative estimate of drug-likeness (QED) is 0.614. The van der Waals surface area contributed by atoms with Crippen molar-refractivity contribution in [2.75, 3.05) is 43.0 Å². The number of nitrogens with zero attached hydrogens (tertiary/aromatic N) is 7. The first kappa shape index (κ1) is 20.4. The second kappa shape index (κ2) is 8.20. The highest BCUT2D eigenvalue weighted by Gasteiger charge is 2.31.